The van der Waals surface area contributed by atoms with Gasteiger partial charge in [-0.3, -0.25) is 9.59 Å². The molecule has 2 saturated heterocycles. The van der Waals surface area contributed by atoms with Crippen molar-refractivity contribution in [2.75, 3.05) is 42.5 Å². The molecule has 2 aliphatic rings. The first-order valence-corrected chi connectivity index (χ1v) is 10.5. The molecule has 0 spiro atoms. The van der Waals surface area contributed by atoms with Crippen LogP contribution in [-0.2, 0) is 9.59 Å². The minimum Gasteiger partial charge on any atom is -0.368 e. The van der Waals surface area contributed by atoms with E-state index in [0.717, 1.165) is 35.1 Å². The van der Waals surface area contributed by atoms with E-state index in [4.69, 9.17) is 11.6 Å². The lowest BCUT2D eigenvalue weighted by Gasteiger charge is -2.37. The van der Waals surface area contributed by atoms with Gasteiger partial charge in [0.25, 0.3) is 0 Å². The first-order chi connectivity index (χ1) is 13.9. The second-order valence-corrected chi connectivity index (χ2v) is 8.40. The van der Waals surface area contributed by atoms with E-state index in [9.17, 15) is 9.59 Å². The summed E-state index contributed by atoms with van der Waals surface area (Å²) in [5.74, 6) is -0.138. The van der Waals surface area contributed by atoms with Crippen LogP contribution < -0.4 is 9.80 Å². The number of amides is 2. The summed E-state index contributed by atoms with van der Waals surface area (Å²) in [5.41, 5.74) is 4.33. The van der Waals surface area contributed by atoms with Gasteiger partial charge in [0.15, 0.2) is 0 Å². The summed E-state index contributed by atoms with van der Waals surface area (Å²) in [6.07, 6.45) is 0.292. The molecular formula is C23H26ClN3O2. The van der Waals surface area contributed by atoms with Crippen molar-refractivity contribution in [3.8, 4) is 0 Å². The fourth-order valence-corrected chi connectivity index (χ4v) is 4.32. The second kappa shape index (κ2) is 8.07. The first kappa shape index (κ1) is 19.8. The van der Waals surface area contributed by atoms with E-state index in [-0.39, 0.29) is 17.7 Å². The average molecular weight is 412 g/mol. The normalized spacial score (nSPS) is 19.8. The number of nitrogens with zero attached hydrogens (tertiary/aromatic N) is 3. The van der Waals surface area contributed by atoms with Crippen molar-refractivity contribution in [2.45, 2.75) is 20.3 Å². The van der Waals surface area contributed by atoms with Crippen molar-refractivity contribution < 1.29 is 9.59 Å². The van der Waals surface area contributed by atoms with Gasteiger partial charge in [-0.1, -0.05) is 23.7 Å². The standard InChI is InChI=1S/C23H26ClN3O2/c1-16-6-7-21(12-17(16)2)27-15-18(13-22(27)28)23(29)26-10-8-25(9-11-26)20-5-3-4-19(24)14-20/h3-7,12,14,18H,8-11,13,15H2,1-2H3. The molecule has 4 rings (SSSR count). The molecular weight excluding hydrogens is 386 g/mol. The van der Waals surface area contributed by atoms with E-state index in [0.29, 0.717) is 26.1 Å². The first-order valence-electron chi connectivity index (χ1n) is 10.1. The van der Waals surface area contributed by atoms with Gasteiger partial charge in [0, 0.05) is 55.5 Å². The summed E-state index contributed by atoms with van der Waals surface area (Å²) in [4.78, 5) is 31.5. The van der Waals surface area contributed by atoms with Gasteiger partial charge in [-0.2, -0.15) is 0 Å². The second-order valence-electron chi connectivity index (χ2n) is 7.97. The summed E-state index contributed by atoms with van der Waals surface area (Å²) < 4.78 is 0. The lowest BCUT2D eigenvalue weighted by Crippen LogP contribution is -2.50. The van der Waals surface area contributed by atoms with Crippen LogP contribution in [0.1, 0.15) is 17.5 Å². The van der Waals surface area contributed by atoms with E-state index < -0.39 is 0 Å². The van der Waals surface area contributed by atoms with Crippen molar-refractivity contribution in [1.29, 1.82) is 0 Å². The maximum Gasteiger partial charge on any atom is 0.228 e. The molecule has 5 nitrogen and oxygen atoms in total. The fourth-order valence-electron chi connectivity index (χ4n) is 4.13. The Bertz CT molecular complexity index is 937. The molecule has 2 heterocycles. The number of benzene rings is 2. The van der Waals surface area contributed by atoms with Gasteiger partial charge in [-0.05, 0) is 55.3 Å². The molecule has 0 aromatic heterocycles. The minimum absolute atomic E-state index is 0.0316. The van der Waals surface area contributed by atoms with Crippen molar-refractivity contribution in [3.63, 3.8) is 0 Å². The van der Waals surface area contributed by atoms with Crippen LogP contribution in [0.5, 0.6) is 0 Å². The largest absolute Gasteiger partial charge is 0.368 e. The Hall–Kier alpha value is -2.53. The topological polar surface area (TPSA) is 43.9 Å². The van der Waals surface area contributed by atoms with Gasteiger partial charge >= 0.3 is 0 Å². The third-order valence-corrected chi connectivity index (χ3v) is 6.28. The summed E-state index contributed by atoms with van der Waals surface area (Å²) in [7, 11) is 0. The van der Waals surface area contributed by atoms with E-state index >= 15 is 0 Å². The molecule has 0 bridgehead atoms. The van der Waals surface area contributed by atoms with Crippen LogP contribution in [0.15, 0.2) is 42.5 Å². The Morgan fingerprint density at radius 2 is 1.72 bits per heavy atom. The molecule has 2 amide bonds. The van der Waals surface area contributed by atoms with Crippen LogP contribution in [0.25, 0.3) is 0 Å². The molecule has 29 heavy (non-hydrogen) atoms. The van der Waals surface area contributed by atoms with Gasteiger partial charge < -0.3 is 14.7 Å². The van der Waals surface area contributed by atoms with E-state index in [1.165, 1.54) is 5.56 Å². The van der Waals surface area contributed by atoms with E-state index in [1.807, 2.05) is 54.3 Å². The highest BCUT2D eigenvalue weighted by atomic mass is 35.5. The molecule has 0 N–H and O–H groups in total. The van der Waals surface area contributed by atoms with Crippen molar-refractivity contribution >= 4 is 34.8 Å². The zero-order valence-electron chi connectivity index (χ0n) is 16.9. The molecule has 1 unspecified atom stereocenters. The molecule has 0 radical (unpaired) electrons. The van der Waals surface area contributed by atoms with Crippen LogP contribution in [-0.4, -0.2) is 49.4 Å². The molecule has 2 aromatic rings. The Kier molecular flexibility index (Phi) is 5.50. The highest BCUT2D eigenvalue weighted by Crippen LogP contribution is 2.28. The Balaban J connectivity index is 1.38. The molecule has 2 fully saturated rings. The van der Waals surface area contributed by atoms with Crippen molar-refractivity contribution in [1.82, 2.24) is 4.90 Å². The molecule has 0 aliphatic carbocycles. The number of rotatable bonds is 3. The van der Waals surface area contributed by atoms with Gasteiger partial charge in [0.2, 0.25) is 11.8 Å². The SMILES string of the molecule is Cc1ccc(N2CC(C(=O)N3CCN(c4cccc(Cl)c4)CC3)CC2=O)cc1C. The van der Waals surface area contributed by atoms with Crippen LogP contribution >= 0.6 is 11.6 Å². The summed E-state index contributed by atoms with van der Waals surface area (Å²) in [6.45, 7) is 7.44. The third kappa shape index (κ3) is 4.10. The Morgan fingerprint density at radius 3 is 2.41 bits per heavy atom. The molecule has 2 aliphatic heterocycles. The van der Waals surface area contributed by atoms with E-state index in [1.54, 1.807) is 4.90 Å². The predicted molar refractivity (Wildman–Crippen MR) is 117 cm³/mol. The number of hydrogen-bond acceptors (Lipinski definition) is 3. The summed E-state index contributed by atoms with van der Waals surface area (Å²) in [6, 6.07) is 13.8. The van der Waals surface area contributed by atoms with Crippen LogP contribution in [0.2, 0.25) is 5.02 Å². The minimum atomic E-state index is -0.262. The highest BCUT2D eigenvalue weighted by molar-refractivity contribution is 6.30. The predicted octanol–water partition coefficient (Wildman–Crippen LogP) is 3.66. The zero-order valence-corrected chi connectivity index (χ0v) is 17.7. The monoisotopic (exact) mass is 411 g/mol. The van der Waals surface area contributed by atoms with Crippen LogP contribution in [0, 0.1) is 19.8 Å². The van der Waals surface area contributed by atoms with Crippen LogP contribution in [0.3, 0.4) is 0 Å². The Morgan fingerprint density at radius 1 is 0.966 bits per heavy atom. The number of halogens is 1. The number of carbonyl (C=O) groups is 2. The lowest BCUT2D eigenvalue weighted by atomic mass is 10.1. The number of carbonyl (C=O) groups excluding carboxylic acids is 2. The maximum atomic E-state index is 13.0. The number of piperazine rings is 1. The molecule has 6 heteroatoms. The van der Waals surface area contributed by atoms with Gasteiger partial charge in [0.05, 0.1) is 5.92 Å². The summed E-state index contributed by atoms with van der Waals surface area (Å²) in [5, 5.41) is 0.719. The van der Waals surface area contributed by atoms with Gasteiger partial charge in [-0.15, -0.1) is 0 Å². The molecule has 1 atom stereocenters. The number of hydrogen-bond donors (Lipinski definition) is 0. The summed E-state index contributed by atoms with van der Waals surface area (Å²) >= 11 is 6.10. The number of anilines is 2. The van der Waals surface area contributed by atoms with Gasteiger partial charge in [0.1, 0.15) is 0 Å². The fraction of sp³-hybridized carbons (Fsp3) is 0.391. The Labute approximate surface area is 176 Å². The molecule has 152 valence electrons. The lowest BCUT2D eigenvalue weighted by molar-refractivity contribution is -0.136. The average Bonchev–Trinajstić information content (AvgIpc) is 3.11. The maximum absolute atomic E-state index is 13.0. The highest BCUT2D eigenvalue weighted by Gasteiger charge is 2.38. The molecule has 0 saturated carbocycles. The zero-order chi connectivity index (χ0) is 20.5. The van der Waals surface area contributed by atoms with Gasteiger partial charge in [-0.25, -0.2) is 0 Å². The molecule has 2 aromatic carbocycles. The smallest absolute Gasteiger partial charge is 0.228 e. The van der Waals surface area contributed by atoms with E-state index in [2.05, 4.69) is 11.8 Å². The van der Waals surface area contributed by atoms with Crippen molar-refractivity contribution in [2.24, 2.45) is 5.92 Å². The number of aryl methyl sites for hydroxylation is 2. The van der Waals surface area contributed by atoms with Crippen LogP contribution in [0.4, 0.5) is 11.4 Å². The quantitative estimate of drug-likeness (QED) is 0.774. The van der Waals surface area contributed by atoms with Crippen molar-refractivity contribution in [3.05, 3.63) is 58.6 Å². The third-order valence-electron chi connectivity index (χ3n) is 6.04.